The molecule has 1 aliphatic rings. The maximum atomic E-state index is 13.3. The maximum absolute atomic E-state index is 13.3. The van der Waals surface area contributed by atoms with Crippen LogP contribution in [-0.2, 0) is 16.6 Å². The van der Waals surface area contributed by atoms with Crippen LogP contribution < -0.4 is 5.32 Å². The summed E-state index contributed by atoms with van der Waals surface area (Å²) in [4.78, 5) is 19.7. The maximum Gasteiger partial charge on any atom is 0.257 e. The Hall–Kier alpha value is -3.08. The molecule has 1 aliphatic heterocycles. The molecule has 1 aromatic heterocycles. The van der Waals surface area contributed by atoms with E-state index in [1.807, 2.05) is 53.9 Å². The van der Waals surface area contributed by atoms with Crippen LogP contribution in [0.2, 0.25) is 0 Å². The van der Waals surface area contributed by atoms with Gasteiger partial charge in [0.1, 0.15) is 0 Å². The second kappa shape index (κ2) is 12.0. The van der Waals surface area contributed by atoms with Crippen LogP contribution in [0.15, 0.2) is 95.2 Å². The number of hydrogen-bond donors (Lipinski definition) is 1. The lowest BCUT2D eigenvalue weighted by molar-refractivity contribution is 0.102. The Morgan fingerprint density at radius 3 is 2.27 bits per heavy atom. The Kier molecular flexibility index (Phi) is 8.73. The van der Waals surface area contributed by atoms with E-state index in [4.69, 9.17) is 0 Å². The minimum absolute atomic E-state index is 0. The van der Waals surface area contributed by atoms with E-state index in [0.717, 1.165) is 17.8 Å². The van der Waals surface area contributed by atoms with Gasteiger partial charge >= 0.3 is 0 Å². The highest BCUT2D eigenvalue weighted by atomic mass is 35.5. The van der Waals surface area contributed by atoms with Gasteiger partial charge in [0.2, 0.25) is 10.0 Å². The standard InChI is InChI=1S/C27H26N4O3S2.ClH/c32-26(29-27-28-25(20-35-27)22-10-5-2-6-11-22)23-12-7-13-24(18-23)36(33,34)31-16-14-30(15-17-31)19-21-8-3-1-4-9-21;/h1-13,18,20H,14-17,19H2,(H,28,29,32);1H. The molecule has 0 atom stereocenters. The monoisotopic (exact) mass is 554 g/mol. The van der Waals surface area contributed by atoms with Gasteiger partial charge in [0.25, 0.3) is 5.91 Å². The first-order chi connectivity index (χ1) is 17.5. The van der Waals surface area contributed by atoms with Gasteiger partial charge in [-0.3, -0.25) is 15.0 Å². The van der Waals surface area contributed by atoms with E-state index < -0.39 is 15.9 Å². The molecule has 5 rings (SSSR count). The topological polar surface area (TPSA) is 82.6 Å². The fourth-order valence-electron chi connectivity index (χ4n) is 4.16. The molecular weight excluding hydrogens is 528 g/mol. The lowest BCUT2D eigenvalue weighted by Gasteiger charge is -2.34. The normalized spacial score (nSPS) is 14.6. The third-order valence-electron chi connectivity index (χ3n) is 6.11. The number of thiazole rings is 1. The van der Waals surface area contributed by atoms with Crippen molar-refractivity contribution in [2.24, 2.45) is 0 Å². The number of carbonyl (C=O) groups is 1. The van der Waals surface area contributed by atoms with Crippen molar-refractivity contribution >= 4 is 44.8 Å². The number of rotatable bonds is 7. The minimum Gasteiger partial charge on any atom is -0.298 e. The first-order valence-electron chi connectivity index (χ1n) is 11.7. The summed E-state index contributed by atoms with van der Waals surface area (Å²) in [5.74, 6) is -0.395. The minimum atomic E-state index is -3.71. The van der Waals surface area contributed by atoms with Crippen LogP contribution >= 0.6 is 23.7 Å². The molecule has 1 N–H and O–H groups in total. The van der Waals surface area contributed by atoms with Gasteiger partial charge in [-0.1, -0.05) is 66.7 Å². The molecular formula is C27H27ClN4O3S2. The number of sulfonamides is 1. The van der Waals surface area contributed by atoms with E-state index in [1.165, 1.54) is 27.3 Å². The van der Waals surface area contributed by atoms with Gasteiger partial charge in [-0.25, -0.2) is 13.4 Å². The van der Waals surface area contributed by atoms with Crippen molar-refractivity contribution in [3.8, 4) is 11.3 Å². The molecule has 0 bridgehead atoms. The molecule has 192 valence electrons. The predicted octanol–water partition coefficient (Wildman–Crippen LogP) is 4.99. The Bertz CT molecular complexity index is 1440. The van der Waals surface area contributed by atoms with E-state index in [-0.39, 0.29) is 22.9 Å². The first kappa shape index (κ1) is 27.0. The van der Waals surface area contributed by atoms with Crippen LogP contribution in [0.3, 0.4) is 0 Å². The number of nitrogens with zero attached hydrogens (tertiary/aromatic N) is 3. The number of amides is 1. The van der Waals surface area contributed by atoms with Crippen LogP contribution in [0.4, 0.5) is 5.13 Å². The second-order valence-electron chi connectivity index (χ2n) is 8.55. The molecule has 2 heterocycles. The Morgan fingerprint density at radius 1 is 0.892 bits per heavy atom. The predicted molar refractivity (Wildman–Crippen MR) is 150 cm³/mol. The Balaban J connectivity index is 0.00000320. The summed E-state index contributed by atoms with van der Waals surface area (Å²) >= 11 is 1.33. The third kappa shape index (κ3) is 6.44. The third-order valence-corrected chi connectivity index (χ3v) is 8.76. The van der Waals surface area contributed by atoms with E-state index in [9.17, 15) is 13.2 Å². The van der Waals surface area contributed by atoms with Gasteiger partial charge < -0.3 is 0 Å². The van der Waals surface area contributed by atoms with Gasteiger partial charge in [0, 0.05) is 49.2 Å². The largest absolute Gasteiger partial charge is 0.298 e. The summed E-state index contributed by atoms with van der Waals surface area (Å²) in [6, 6.07) is 26.1. The number of nitrogens with one attached hydrogen (secondary N) is 1. The molecule has 10 heteroatoms. The highest BCUT2D eigenvalue weighted by molar-refractivity contribution is 7.89. The number of carbonyl (C=O) groups excluding carboxylic acids is 1. The number of piperazine rings is 1. The zero-order chi connectivity index (χ0) is 25.0. The molecule has 1 amide bonds. The summed E-state index contributed by atoms with van der Waals surface area (Å²) in [5, 5.41) is 5.13. The molecule has 1 fully saturated rings. The van der Waals surface area contributed by atoms with Crippen molar-refractivity contribution in [2.45, 2.75) is 11.4 Å². The van der Waals surface area contributed by atoms with Gasteiger partial charge in [-0.05, 0) is 23.8 Å². The number of aromatic nitrogens is 1. The average Bonchev–Trinajstić information content (AvgIpc) is 3.39. The van der Waals surface area contributed by atoms with Crippen LogP contribution in [0.1, 0.15) is 15.9 Å². The highest BCUT2D eigenvalue weighted by Gasteiger charge is 2.29. The average molecular weight is 555 g/mol. The van der Waals surface area contributed by atoms with Crippen molar-refractivity contribution in [3.63, 3.8) is 0 Å². The SMILES string of the molecule is Cl.O=C(Nc1nc(-c2ccccc2)cs1)c1cccc(S(=O)(=O)N2CCN(Cc3ccccc3)CC2)c1. The Labute approximate surface area is 227 Å². The van der Waals surface area contributed by atoms with E-state index in [2.05, 4.69) is 27.3 Å². The van der Waals surface area contributed by atoms with E-state index in [0.29, 0.717) is 31.3 Å². The van der Waals surface area contributed by atoms with Crippen molar-refractivity contribution in [3.05, 3.63) is 101 Å². The van der Waals surface area contributed by atoms with Crippen LogP contribution in [0.25, 0.3) is 11.3 Å². The molecule has 0 aliphatic carbocycles. The summed E-state index contributed by atoms with van der Waals surface area (Å²) in [6.07, 6.45) is 0. The van der Waals surface area contributed by atoms with Crippen molar-refractivity contribution in [2.75, 3.05) is 31.5 Å². The molecule has 7 nitrogen and oxygen atoms in total. The summed E-state index contributed by atoms with van der Waals surface area (Å²) < 4.78 is 28.1. The van der Waals surface area contributed by atoms with Gasteiger partial charge in [0.15, 0.2) is 5.13 Å². The second-order valence-corrected chi connectivity index (χ2v) is 11.3. The fraction of sp³-hybridized carbons (Fsp3) is 0.185. The van der Waals surface area contributed by atoms with Crippen LogP contribution in [0.5, 0.6) is 0 Å². The zero-order valence-corrected chi connectivity index (χ0v) is 22.4. The number of benzene rings is 3. The molecule has 0 radical (unpaired) electrons. The lowest BCUT2D eigenvalue weighted by Crippen LogP contribution is -2.48. The van der Waals surface area contributed by atoms with Crippen molar-refractivity contribution < 1.29 is 13.2 Å². The Morgan fingerprint density at radius 2 is 1.57 bits per heavy atom. The number of anilines is 1. The van der Waals surface area contributed by atoms with Crippen LogP contribution in [-0.4, -0.2) is 54.7 Å². The number of hydrogen-bond acceptors (Lipinski definition) is 6. The summed E-state index contributed by atoms with van der Waals surface area (Å²) in [5.41, 5.74) is 3.23. The van der Waals surface area contributed by atoms with E-state index >= 15 is 0 Å². The summed E-state index contributed by atoms with van der Waals surface area (Å²) in [6.45, 7) is 2.93. The highest BCUT2D eigenvalue weighted by Crippen LogP contribution is 2.25. The fourth-order valence-corrected chi connectivity index (χ4v) is 6.34. The van der Waals surface area contributed by atoms with E-state index in [1.54, 1.807) is 18.2 Å². The van der Waals surface area contributed by atoms with Crippen LogP contribution in [0, 0.1) is 0 Å². The van der Waals surface area contributed by atoms with Crippen molar-refractivity contribution in [1.82, 2.24) is 14.2 Å². The van der Waals surface area contributed by atoms with Gasteiger partial charge in [-0.2, -0.15) is 4.31 Å². The summed E-state index contributed by atoms with van der Waals surface area (Å²) in [7, 11) is -3.71. The molecule has 4 aromatic rings. The smallest absolute Gasteiger partial charge is 0.257 e. The van der Waals surface area contributed by atoms with Crippen molar-refractivity contribution in [1.29, 1.82) is 0 Å². The lowest BCUT2D eigenvalue weighted by atomic mass is 10.2. The molecule has 0 spiro atoms. The molecule has 0 saturated carbocycles. The number of halogens is 1. The van der Waals surface area contributed by atoms with Gasteiger partial charge in [-0.15, -0.1) is 23.7 Å². The zero-order valence-electron chi connectivity index (χ0n) is 20.0. The first-order valence-corrected chi connectivity index (χ1v) is 14.0. The molecule has 0 unspecified atom stereocenters. The van der Waals surface area contributed by atoms with Gasteiger partial charge in [0.05, 0.1) is 10.6 Å². The molecule has 37 heavy (non-hydrogen) atoms. The molecule has 3 aromatic carbocycles. The molecule has 1 saturated heterocycles. The quantitative estimate of drug-likeness (QED) is 0.348.